The van der Waals surface area contributed by atoms with E-state index in [4.69, 9.17) is 4.74 Å². The summed E-state index contributed by atoms with van der Waals surface area (Å²) in [6.45, 7) is 10.1. The van der Waals surface area contributed by atoms with E-state index in [1.807, 2.05) is 12.1 Å². The minimum absolute atomic E-state index is 0.134. The number of anilines is 2. The topological polar surface area (TPSA) is 58.6 Å². The fourth-order valence-electron chi connectivity index (χ4n) is 3.15. The number of hydrogen-bond donors (Lipinski definition) is 1. The van der Waals surface area contributed by atoms with Gasteiger partial charge in [-0.25, -0.2) is 0 Å². The fraction of sp³-hybridized carbons (Fsp3) is 0.250. The SMILES string of the molecule is C=CCN1C(=O)C(C)Oc2ccc(NC(=O)/C=C/c3ccc(C(C)C)cc3)cc21. The van der Waals surface area contributed by atoms with Crippen LogP contribution >= 0.6 is 0 Å². The van der Waals surface area contributed by atoms with Gasteiger partial charge in [0.15, 0.2) is 6.10 Å². The van der Waals surface area contributed by atoms with Crippen LogP contribution < -0.4 is 15.0 Å². The first-order valence-corrected chi connectivity index (χ1v) is 9.71. The van der Waals surface area contributed by atoms with Crippen LogP contribution in [0.4, 0.5) is 11.4 Å². The zero-order valence-electron chi connectivity index (χ0n) is 17.0. The van der Waals surface area contributed by atoms with Crippen LogP contribution in [-0.4, -0.2) is 24.5 Å². The molecule has 0 spiro atoms. The Balaban J connectivity index is 1.72. The molecule has 1 atom stereocenters. The quantitative estimate of drug-likeness (QED) is 0.571. The molecule has 5 nitrogen and oxygen atoms in total. The lowest BCUT2D eigenvalue weighted by Crippen LogP contribution is -2.44. The summed E-state index contributed by atoms with van der Waals surface area (Å²) in [5.74, 6) is 0.702. The van der Waals surface area contributed by atoms with Crippen molar-refractivity contribution in [1.29, 1.82) is 0 Å². The Labute approximate surface area is 171 Å². The summed E-state index contributed by atoms with van der Waals surface area (Å²) in [5.41, 5.74) is 3.43. The van der Waals surface area contributed by atoms with Crippen molar-refractivity contribution in [3.63, 3.8) is 0 Å². The van der Waals surface area contributed by atoms with E-state index in [2.05, 4.69) is 37.9 Å². The first-order chi connectivity index (χ1) is 13.9. The van der Waals surface area contributed by atoms with Crippen molar-refractivity contribution in [2.75, 3.05) is 16.8 Å². The number of carbonyl (C=O) groups is 2. The molecule has 1 aliphatic heterocycles. The molecule has 1 heterocycles. The molecule has 150 valence electrons. The number of hydrogen-bond acceptors (Lipinski definition) is 3. The van der Waals surface area contributed by atoms with Crippen LogP contribution in [0.3, 0.4) is 0 Å². The van der Waals surface area contributed by atoms with Gasteiger partial charge in [0.05, 0.1) is 5.69 Å². The summed E-state index contributed by atoms with van der Waals surface area (Å²) < 4.78 is 5.66. The molecule has 0 aliphatic carbocycles. The maximum Gasteiger partial charge on any atom is 0.268 e. The molecule has 1 aliphatic rings. The van der Waals surface area contributed by atoms with Gasteiger partial charge in [-0.2, -0.15) is 0 Å². The monoisotopic (exact) mass is 390 g/mol. The Morgan fingerprint density at radius 2 is 1.97 bits per heavy atom. The van der Waals surface area contributed by atoms with Crippen molar-refractivity contribution in [1.82, 2.24) is 0 Å². The normalized spacial score (nSPS) is 15.9. The highest BCUT2D eigenvalue weighted by Crippen LogP contribution is 2.36. The highest BCUT2D eigenvalue weighted by molar-refractivity contribution is 6.04. The van der Waals surface area contributed by atoms with E-state index in [0.717, 1.165) is 5.56 Å². The molecule has 5 heteroatoms. The maximum atomic E-state index is 12.4. The van der Waals surface area contributed by atoms with Crippen molar-refractivity contribution >= 4 is 29.3 Å². The molecular formula is C24H26N2O3. The molecule has 0 saturated carbocycles. The van der Waals surface area contributed by atoms with Crippen LogP contribution in [0, 0.1) is 0 Å². The molecule has 0 saturated heterocycles. The number of nitrogens with one attached hydrogen (secondary N) is 1. The highest BCUT2D eigenvalue weighted by Gasteiger charge is 2.30. The minimum Gasteiger partial charge on any atom is -0.479 e. The van der Waals surface area contributed by atoms with Gasteiger partial charge >= 0.3 is 0 Å². The standard InChI is InChI=1S/C24H26N2O3/c1-5-14-26-21-15-20(11-12-22(21)29-17(4)24(26)28)25-23(27)13-8-18-6-9-19(10-7-18)16(2)3/h5-13,15-17H,1,14H2,2-4H3,(H,25,27)/b13-8+. The smallest absolute Gasteiger partial charge is 0.268 e. The van der Waals surface area contributed by atoms with Gasteiger partial charge in [0.25, 0.3) is 5.91 Å². The van der Waals surface area contributed by atoms with Crippen LogP contribution in [0.25, 0.3) is 6.08 Å². The molecule has 0 radical (unpaired) electrons. The Bertz CT molecular complexity index is 945. The van der Waals surface area contributed by atoms with Crippen LogP contribution in [0.15, 0.2) is 61.2 Å². The van der Waals surface area contributed by atoms with Gasteiger partial charge in [-0.1, -0.05) is 44.2 Å². The van der Waals surface area contributed by atoms with E-state index in [-0.39, 0.29) is 11.8 Å². The van der Waals surface area contributed by atoms with Gasteiger partial charge in [0.1, 0.15) is 5.75 Å². The van der Waals surface area contributed by atoms with E-state index >= 15 is 0 Å². The average Bonchev–Trinajstić information content (AvgIpc) is 2.70. The lowest BCUT2D eigenvalue weighted by Gasteiger charge is -2.32. The molecular weight excluding hydrogens is 364 g/mol. The van der Waals surface area contributed by atoms with Gasteiger partial charge in [-0.15, -0.1) is 6.58 Å². The predicted octanol–water partition coefficient (Wildman–Crippen LogP) is 4.76. The predicted molar refractivity (Wildman–Crippen MR) is 117 cm³/mol. The van der Waals surface area contributed by atoms with E-state index in [1.54, 1.807) is 42.2 Å². The number of fused-ring (bicyclic) bond motifs is 1. The second kappa shape index (κ2) is 8.78. The number of benzene rings is 2. The van der Waals surface area contributed by atoms with E-state index in [0.29, 0.717) is 29.6 Å². The zero-order chi connectivity index (χ0) is 21.0. The molecule has 1 N–H and O–H groups in total. The van der Waals surface area contributed by atoms with Gasteiger partial charge in [0, 0.05) is 18.3 Å². The molecule has 0 fully saturated rings. The summed E-state index contributed by atoms with van der Waals surface area (Å²) in [6, 6.07) is 13.4. The Hall–Kier alpha value is -3.34. The first-order valence-electron chi connectivity index (χ1n) is 9.71. The Kier molecular flexibility index (Phi) is 6.17. The third kappa shape index (κ3) is 4.74. The second-order valence-corrected chi connectivity index (χ2v) is 7.32. The number of amides is 2. The lowest BCUT2D eigenvalue weighted by atomic mass is 10.0. The Morgan fingerprint density at radius 1 is 1.24 bits per heavy atom. The average molecular weight is 390 g/mol. The van der Waals surface area contributed by atoms with E-state index < -0.39 is 6.10 Å². The van der Waals surface area contributed by atoms with Gasteiger partial charge in [-0.05, 0) is 48.2 Å². The molecule has 3 rings (SSSR count). The summed E-state index contributed by atoms with van der Waals surface area (Å²) >= 11 is 0. The van der Waals surface area contributed by atoms with E-state index in [9.17, 15) is 9.59 Å². The minimum atomic E-state index is -0.548. The lowest BCUT2D eigenvalue weighted by molar-refractivity contribution is -0.125. The molecule has 2 aromatic rings. The largest absolute Gasteiger partial charge is 0.479 e. The first kappa shape index (κ1) is 20.4. The van der Waals surface area contributed by atoms with Crippen molar-refractivity contribution < 1.29 is 14.3 Å². The van der Waals surface area contributed by atoms with Crippen molar-refractivity contribution in [2.24, 2.45) is 0 Å². The number of ether oxygens (including phenoxy) is 1. The molecule has 0 bridgehead atoms. The van der Waals surface area contributed by atoms with Gasteiger partial charge in [-0.3, -0.25) is 9.59 Å². The van der Waals surface area contributed by atoms with Crippen LogP contribution in [0.5, 0.6) is 5.75 Å². The number of carbonyl (C=O) groups excluding carboxylic acids is 2. The number of nitrogens with zero attached hydrogens (tertiary/aromatic N) is 1. The molecule has 1 unspecified atom stereocenters. The van der Waals surface area contributed by atoms with Crippen LogP contribution in [-0.2, 0) is 9.59 Å². The molecule has 29 heavy (non-hydrogen) atoms. The Morgan fingerprint density at radius 3 is 2.62 bits per heavy atom. The third-order valence-electron chi connectivity index (χ3n) is 4.78. The summed E-state index contributed by atoms with van der Waals surface area (Å²) in [4.78, 5) is 26.3. The second-order valence-electron chi connectivity index (χ2n) is 7.32. The van der Waals surface area contributed by atoms with E-state index in [1.165, 1.54) is 11.6 Å². The van der Waals surface area contributed by atoms with Crippen molar-refractivity contribution in [3.05, 3.63) is 72.3 Å². The number of rotatable bonds is 6. The fourth-order valence-corrected chi connectivity index (χ4v) is 3.15. The molecule has 2 aromatic carbocycles. The van der Waals surface area contributed by atoms with Gasteiger partial charge in [0.2, 0.25) is 5.91 Å². The van der Waals surface area contributed by atoms with Gasteiger partial charge < -0.3 is 15.0 Å². The highest BCUT2D eigenvalue weighted by atomic mass is 16.5. The van der Waals surface area contributed by atoms with Crippen molar-refractivity contribution in [2.45, 2.75) is 32.8 Å². The third-order valence-corrected chi connectivity index (χ3v) is 4.78. The summed E-state index contributed by atoms with van der Waals surface area (Å²) in [7, 11) is 0. The van der Waals surface area contributed by atoms with Crippen LogP contribution in [0.2, 0.25) is 0 Å². The summed E-state index contributed by atoms with van der Waals surface area (Å²) in [6.07, 6.45) is 4.39. The molecule has 0 aromatic heterocycles. The van der Waals surface area contributed by atoms with Crippen molar-refractivity contribution in [3.8, 4) is 5.75 Å². The zero-order valence-corrected chi connectivity index (χ0v) is 17.0. The molecule has 2 amide bonds. The van der Waals surface area contributed by atoms with Crippen LogP contribution in [0.1, 0.15) is 37.8 Å². The summed E-state index contributed by atoms with van der Waals surface area (Å²) in [5, 5.41) is 2.84. The maximum absolute atomic E-state index is 12.4.